The van der Waals surface area contributed by atoms with E-state index in [1.807, 2.05) is 24.3 Å². The van der Waals surface area contributed by atoms with E-state index in [2.05, 4.69) is 10.6 Å². The Morgan fingerprint density at radius 1 is 0.939 bits per heavy atom. The van der Waals surface area contributed by atoms with Crippen molar-refractivity contribution < 1.29 is 28.3 Å². The third kappa shape index (κ3) is 4.48. The maximum atomic E-state index is 12.8. The summed E-state index contributed by atoms with van der Waals surface area (Å²) in [5.41, 5.74) is 1.15. The summed E-state index contributed by atoms with van der Waals surface area (Å²) in [6.07, 6.45) is 1.46. The van der Waals surface area contributed by atoms with Crippen molar-refractivity contribution in [2.24, 2.45) is 5.92 Å². The van der Waals surface area contributed by atoms with Crippen LogP contribution in [0.5, 0.6) is 11.5 Å². The van der Waals surface area contributed by atoms with Crippen molar-refractivity contribution in [3.63, 3.8) is 0 Å². The summed E-state index contributed by atoms with van der Waals surface area (Å²) in [6, 6.07) is 14.2. The van der Waals surface area contributed by atoms with Gasteiger partial charge in [-0.15, -0.1) is 0 Å². The van der Waals surface area contributed by atoms with Crippen LogP contribution in [0.15, 0.2) is 52.9 Å². The molecule has 2 aliphatic rings. The van der Waals surface area contributed by atoms with Crippen LogP contribution in [-0.4, -0.2) is 49.0 Å². The topological polar surface area (TPSA) is 110 Å². The number of rotatable bonds is 4. The van der Waals surface area contributed by atoms with Gasteiger partial charge in [0.05, 0.1) is 0 Å². The third-order valence-corrected chi connectivity index (χ3v) is 5.93. The molecular formula is C24H23N3O6. The van der Waals surface area contributed by atoms with E-state index in [4.69, 9.17) is 13.9 Å². The van der Waals surface area contributed by atoms with E-state index in [0.717, 1.165) is 18.2 Å². The van der Waals surface area contributed by atoms with E-state index < -0.39 is 11.8 Å². The van der Waals surface area contributed by atoms with Crippen molar-refractivity contribution in [2.75, 3.05) is 31.7 Å². The molecule has 2 aromatic carbocycles. The van der Waals surface area contributed by atoms with Crippen LogP contribution in [0.2, 0.25) is 0 Å². The quantitative estimate of drug-likeness (QED) is 0.593. The van der Waals surface area contributed by atoms with Crippen LogP contribution in [0.3, 0.4) is 0 Å². The number of fused-ring (bicyclic) bond motifs is 2. The zero-order valence-electron chi connectivity index (χ0n) is 17.8. The highest BCUT2D eigenvalue weighted by Crippen LogP contribution is 2.34. The Labute approximate surface area is 189 Å². The Morgan fingerprint density at radius 3 is 2.55 bits per heavy atom. The average molecular weight is 449 g/mol. The molecule has 0 unspecified atom stereocenters. The van der Waals surface area contributed by atoms with Crippen LogP contribution >= 0.6 is 0 Å². The first-order valence-electron chi connectivity index (χ1n) is 10.8. The molecule has 1 aromatic heterocycles. The number of benzene rings is 2. The minimum atomic E-state index is -0.744. The Balaban J connectivity index is 1.08. The van der Waals surface area contributed by atoms with E-state index in [1.165, 1.54) is 0 Å². The summed E-state index contributed by atoms with van der Waals surface area (Å²) in [5, 5.41) is 6.15. The fourth-order valence-electron chi connectivity index (χ4n) is 4.06. The summed E-state index contributed by atoms with van der Waals surface area (Å²) < 4.78 is 16.2. The van der Waals surface area contributed by atoms with Crippen LogP contribution in [-0.2, 0) is 9.59 Å². The van der Waals surface area contributed by atoms with Crippen LogP contribution in [0.1, 0.15) is 23.4 Å². The first-order chi connectivity index (χ1) is 16.1. The Morgan fingerprint density at radius 2 is 1.73 bits per heavy atom. The number of nitrogens with one attached hydrogen (secondary N) is 2. The molecule has 0 atom stereocenters. The number of carbonyl (C=O) groups is 3. The number of anilines is 1. The van der Waals surface area contributed by atoms with Crippen molar-refractivity contribution in [3.05, 3.63) is 54.3 Å². The fraction of sp³-hybridized carbons (Fsp3) is 0.292. The second kappa shape index (κ2) is 8.85. The molecule has 0 aliphatic carbocycles. The van der Waals surface area contributed by atoms with Crippen LogP contribution in [0, 0.1) is 5.92 Å². The molecule has 0 bridgehead atoms. The molecule has 9 heteroatoms. The van der Waals surface area contributed by atoms with Crippen LogP contribution in [0.25, 0.3) is 11.0 Å². The predicted octanol–water partition coefficient (Wildman–Crippen LogP) is 2.77. The lowest BCUT2D eigenvalue weighted by Crippen LogP contribution is -2.43. The number of piperidine rings is 1. The monoisotopic (exact) mass is 449 g/mol. The summed E-state index contributed by atoms with van der Waals surface area (Å²) in [6.45, 7) is 1.65. The molecule has 2 N–H and O–H groups in total. The first-order valence-corrected chi connectivity index (χ1v) is 10.8. The zero-order chi connectivity index (χ0) is 22.8. The number of hydrogen-bond acceptors (Lipinski definition) is 6. The van der Waals surface area contributed by atoms with Gasteiger partial charge in [0.15, 0.2) is 17.3 Å². The van der Waals surface area contributed by atoms with Crippen LogP contribution < -0.4 is 20.1 Å². The van der Waals surface area contributed by atoms with E-state index in [-0.39, 0.29) is 18.6 Å². The number of hydrogen-bond donors (Lipinski definition) is 2. The van der Waals surface area contributed by atoms with Gasteiger partial charge in [-0.3, -0.25) is 14.4 Å². The van der Waals surface area contributed by atoms with Gasteiger partial charge in [-0.2, -0.15) is 0 Å². The summed E-state index contributed by atoms with van der Waals surface area (Å²) >= 11 is 0. The number of ether oxygens (including phenoxy) is 2. The van der Waals surface area contributed by atoms with Crippen molar-refractivity contribution in [1.29, 1.82) is 0 Å². The van der Waals surface area contributed by atoms with Gasteiger partial charge in [0.1, 0.15) is 5.58 Å². The molecule has 170 valence electrons. The standard InChI is InChI=1S/C24H23N3O6/c28-22(23(29)26-17-5-6-19-20(12-17)32-14-31-19)25-13-15-7-9-27(10-8-15)24(30)21-11-16-3-1-2-4-18(16)33-21/h1-6,11-12,15H,7-10,13-14H2,(H,25,28)(H,26,29). The van der Waals surface area contributed by atoms with Gasteiger partial charge in [-0.1, -0.05) is 18.2 Å². The van der Waals surface area contributed by atoms with Gasteiger partial charge in [0.2, 0.25) is 6.79 Å². The predicted molar refractivity (Wildman–Crippen MR) is 119 cm³/mol. The second-order valence-electron chi connectivity index (χ2n) is 8.12. The number of para-hydroxylation sites is 1. The molecule has 1 saturated heterocycles. The molecule has 0 spiro atoms. The van der Waals surface area contributed by atoms with Gasteiger partial charge in [-0.25, -0.2) is 0 Å². The molecule has 1 fully saturated rings. The van der Waals surface area contributed by atoms with Crippen molar-refractivity contribution in [2.45, 2.75) is 12.8 Å². The minimum absolute atomic E-state index is 0.128. The SMILES string of the molecule is O=C(NCC1CCN(C(=O)c2cc3ccccc3o2)CC1)C(=O)Nc1ccc2c(c1)OCO2. The lowest BCUT2D eigenvalue weighted by Gasteiger charge is -2.31. The molecule has 2 aliphatic heterocycles. The number of amides is 3. The van der Waals surface area contributed by atoms with Crippen molar-refractivity contribution in [3.8, 4) is 11.5 Å². The highest BCUT2D eigenvalue weighted by molar-refractivity contribution is 6.39. The highest BCUT2D eigenvalue weighted by atomic mass is 16.7. The number of nitrogens with zero attached hydrogens (tertiary/aromatic N) is 1. The average Bonchev–Trinajstić information content (AvgIpc) is 3.49. The summed E-state index contributed by atoms with van der Waals surface area (Å²) in [7, 11) is 0. The van der Waals surface area contributed by atoms with Crippen molar-refractivity contribution >= 4 is 34.4 Å². The number of likely N-dealkylation sites (tertiary alicyclic amines) is 1. The molecule has 3 aromatic rings. The van der Waals surface area contributed by atoms with Gasteiger partial charge in [0.25, 0.3) is 5.91 Å². The van der Waals surface area contributed by atoms with Gasteiger partial charge < -0.3 is 29.4 Å². The highest BCUT2D eigenvalue weighted by Gasteiger charge is 2.26. The minimum Gasteiger partial charge on any atom is -0.454 e. The molecular weight excluding hydrogens is 426 g/mol. The molecule has 9 nitrogen and oxygen atoms in total. The Bertz CT molecular complexity index is 1180. The van der Waals surface area contributed by atoms with E-state index >= 15 is 0 Å². The summed E-state index contributed by atoms with van der Waals surface area (Å²) in [4.78, 5) is 38.9. The van der Waals surface area contributed by atoms with E-state index in [1.54, 1.807) is 29.2 Å². The van der Waals surface area contributed by atoms with Crippen molar-refractivity contribution in [1.82, 2.24) is 10.2 Å². The third-order valence-electron chi connectivity index (χ3n) is 5.93. The van der Waals surface area contributed by atoms with Crippen LogP contribution in [0.4, 0.5) is 5.69 Å². The fourth-order valence-corrected chi connectivity index (χ4v) is 4.06. The maximum absolute atomic E-state index is 12.8. The second-order valence-corrected chi connectivity index (χ2v) is 8.12. The van der Waals surface area contributed by atoms with Gasteiger partial charge in [0, 0.05) is 36.8 Å². The van der Waals surface area contributed by atoms with E-state index in [0.29, 0.717) is 48.2 Å². The zero-order valence-corrected chi connectivity index (χ0v) is 17.8. The van der Waals surface area contributed by atoms with Gasteiger partial charge in [-0.05, 0) is 43.0 Å². The first kappa shape index (κ1) is 20.9. The lowest BCUT2D eigenvalue weighted by molar-refractivity contribution is -0.136. The largest absolute Gasteiger partial charge is 0.454 e. The van der Waals surface area contributed by atoms with Gasteiger partial charge >= 0.3 is 11.8 Å². The normalized spacial score (nSPS) is 15.5. The molecule has 33 heavy (non-hydrogen) atoms. The smallest absolute Gasteiger partial charge is 0.313 e. The van der Waals surface area contributed by atoms with E-state index in [9.17, 15) is 14.4 Å². The molecule has 5 rings (SSSR count). The Kier molecular flexibility index (Phi) is 5.60. The lowest BCUT2D eigenvalue weighted by atomic mass is 9.96. The molecule has 3 amide bonds. The summed E-state index contributed by atoms with van der Waals surface area (Å²) in [5.74, 6) is 0.0755. The molecule has 3 heterocycles. The molecule has 0 radical (unpaired) electrons. The number of carbonyl (C=O) groups excluding carboxylic acids is 3. The molecule has 0 saturated carbocycles. The maximum Gasteiger partial charge on any atom is 0.313 e. The Hall–Kier alpha value is -4.01. The number of furan rings is 1.